The molecule has 1 aromatic heterocycles. The lowest BCUT2D eigenvalue weighted by atomic mass is 10.0. The van der Waals surface area contributed by atoms with Crippen LogP contribution in [0, 0.1) is 13.8 Å². The lowest BCUT2D eigenvalue weighted by molar-refractivity contribution is -0.131. The van der Waals surface area contributed by atoms with Gasteiger partial charge in [0.15, 0.2) is 0 Å². The number of hydrogen-bond donors (Lipinski definition) is 1. The zero-order valence-corrected chi connectivity index (χ0v) is 15.4. The Kier molecular flexibility index (Phi) is 4.71. The normalized spacial score (nSPS) is 16.7. The third kappa shape index (κ3) is 3.36. The van der Waals surface area contributed by atoms with E-state index in [-0.39, 0.29) is 5.91 Å². The zero-order chi connectivity index (χ0) is 17.3. The summed E-state index contributed by atoms with van der Waals surface area (Å²) in [6.07, 6.45) is -0.121. The molecule has 1 aliphatic heterocycles. The highest BCUT2D eigenvalue weighted by Crippen LogP contribution is 2.20. The summed E-state index contributed by atoms with van der Waals surface area (Å²) in [5, 5.41) is 11.3. The van der Waals surface area contributed by atoms with Crippen LogP contribution in [0.25, 0.3) is 0 Å². The number of carbonyl (C=O) groups is 1. The monoisotopic (exact) mass is 390 g/mol. The van der Waals surface area contributed by atoms with Crippen molar-refractivity contribution in [3.8, 4) is 0 Å². The number of amides is 1. The molecule has 0 aliphatic carbocycles. The molecule has 0 saturated carbocycles. The first-order valence-electron chi connectivity index (χ1n) is 7.71. The van der Waals surface area contributed by atoms with E-state index in [4.69, 9.17) is 4.84 Å². The van der Waals surface area contributed by atoms with Gasteiger partial charge in [-0.3, -0.25) is 9.48 Å². The molecule has 6 nitrogen and oxygen atoms in total. The van der Waals surface area contributed by atoms with Crippen molar-refractivity contribution in [1.29, 1.82) is 0 Å². The Labute approximate surface area is 149 Å². The maximum atomic E-state index is 12.3. The fourth-order valence-corrected chi connectivity index (χ4v) is 3.12. The molecule has 1 aliphatic rings. The van der Waals surface area contributed by atoms with Gasteiger partial charge in [0.2, 0.25) is 6.10 Å². The second kappa shape index (κ2) is 6.76. The summed E-state index contributed by atoms with van der Waals surface area (Å²) in [4.78, 5) is 17.7. The van der Waals surface area contributed by atoms with Crippen LogP contribution in [-0.2, 0) is 23.2 Å². The van der Waals surface area contributed by atoms with Gasteiger partial charge < -0.3 is 10.2 Å². The molecule has 2 heterocycles. The predicted octanol–water partition coefficient (Wildman–Crippen LogP) is 2.61. The number of oxime groups is 1. The van der Waals surface area contributed by atoms with Crippen molar-refractivity contribution in [2.75, 3.05) is 0 Å². The Balaban J connectivity index is 1.60. The van der Waals surface area contributed by atoms with Crippen LogP contribution >= 0.6 is 15.9 Å². The van der Waals surface area contributed by atoms with Crippen LogP contribution in [0.15, 0.2) is 33.9 Å². The lowest BCUT2D eigenvalue weighted by Crippen LogP contribution is -2.34. The van der Waals surface area contributed by atoms with E-state index in [9.17, 15) is 4.79 Å². The zero-order valence-electron chi connectivity index (χ0n) is 13.8. The molecule has 2 aromatic rings. The van der Waals surface area contributed by atoms with Gasteiger partial charge >= 0.3 is 0 Å². The highest BCUT2D eigenvalue weighted by molar-refractivity contribution is 9.10. The van der Waals surface area contributed by atoms with Crippen LogP contribution in [0.1, 0.15) is 28.9 Å². The maximum Gasteiger partial charge on any atom is 0.264 e. The molecular weight excluding hydrogens is 372 g/mol. The van der Waals surface area contributed by atoms with Gasteiger partial charge in [0.25, 0.3) is 5.91 Å². The number of rotatable bonds is 4. The number of benzene rings is 1. The number of nitrogens with one attached hydrogen (secondary N) is 1. The molecule has 1 N–H and O–H groups in total. The molecule has 24 heavy (non-hydrogen) atoms. The summed E-state index contributed by atoms with van der Waals surface area (Å²) in [6, 6.07) is 7.80. The molecule has 0 saturated heterocycles. The van der Waals surface area contributed by atoms with Crippen LogP contribution in [0.5, 0.6) is 0 Å². The van der Waals surface area contributed by atoms with Crippen LogP contribution in [-0.4, -0.2) is 27.5 Å². The fourth-order valence-electron chi connectivity index (χ4n) is 2.72. The predicted molar refractivity (Wildman–Crippen MR) is 94.7 cm³/mol. The SMILES string of the molecule is Cc1nn(C)c(C)c1CNC(=O)C1CC(c2cccc(Br)c2)=NO1. The molecule has 0 bridgehead atoms. The van der Waals surface area contributed by atoms with E-state index in [1.54, 1.807) is 0 Å². The number of aromatic nitrogens is 2. The molecule has 3 rings (SSSR count). The smallest absolute Gasteiger partial charge is 0.264 e. The van der Waals surface area contributed by atoms with Gasteiger partial charge in [-0.15, -0.1) is 0 Å². The molecule has 7 heteroatoms. The van der Waals surface area contributed by atoms with Crippen molar-refractivity contribution in [3.05, 3.63) is 51.3 Å². The number of hydrogen-bond acceptors (Lipinski definition) is 4. The molecule has 1 amide bonds. The standard InChI is InChI=1S/C17H19BrN4O2/c1-10-14(11(2)22(3)20-10)9-19-17(23)16-8-15(21-24-16)12-5-4-6-13(18)7-12/h4-7,16H,8-9H2,1-3H3,(H,19,23). The van der Waals surface area contributed by atoms with E-state index in [0.29, 0.717) is 13.0 Å². The van der Waals surface area contributed by atoms with Gasteiger partial charge in [0.1, 0.15) is 0 Å². The first-order valence-corrected chi connectivity index (χ1v) is 8.50. The van der Waals surface area contributed by atoms with E-state index in [1.807, 2.05) is 49.8 Å². The minimum atomic E-state index is -0.587. The number of aryl methyl sites for hydroxylation is 2. The fraction of sp³-hybridized carbons (Fsp3) is 0.353. The Morgan fingerprint density at radius 2 is 2.25 bits per heavy atom. The van der Waals surface area contributed by atoms with E-state index in [0.717, 1.165) is 32.7 Å². The van der Waals surface area contributed by atoms with E-state index < -0.39 is 6.10 Å². The maximum absolute atomic E-state index is 12.3. The van der Waals surface area contributed by atoms with E-state index >= 15 is 0 Å². The molecule has 1 aromatic carbocycles. The lowest BCUT2D eigenvalue weighted by Gasteiger charge is -2.10. The van der Waals surface area contributed by atoms with Gasteiger partial charge in [-0.05, 0) is 26.0 Å². The molecule has 0 fully saturated rings. The molecule has 1 atom stereocenters. The molecule has 0 radical (unpaired) electrons. The largest absolute Gasteiger partial charge is 0.382 e. The summed E-state index contributed by atoms with van der Waals surface area (Å²) < 4.78 is 2.79. The second-order valence-corrected chi connectivity index (χ2v) is 6.75. The summed E-state index contributed by atoms with van der Waals surface area (Å²) in [5.74, 6) is -0.161. The molecule has 1 unspecified atom stereocenters. The second-order valence-electron chi connectivity index (χ2n) is 5.84. The van der Waals surface area contributed by atoms with Crippen LogP contribution in [0.3, 0.4) is 0 Å². The van der Waals surface area contributed by atoms with Crippen molar-refractivity contribution in [2.24, 2.45) is 12.2 Å². The van der Waals surface area contributed by atoms with E-state index in [1.165, 1.54) is 0 Å². The first kappa shape index (κ1) is 16.7. The summed E-state index contributed by atoms with van der Waals surface area (Å²) in [5.41, 5.74) is 4.75. The van der Waals surface area contributed by atoms with Crippen LogP contribution < -0.4 is 5.32 Å². The minimum absolute atomic E-state index is 0.161. The van der Waals surface area contributed by atoms with Gasteiger partial charge in [-0.2, -0.15) is 5.10 Å². The van der Waals surface area contributed by atoms with Crippen molar-refractivity contribution < 1.29 is 9.63 Å². The quantitative estimate of drug-likeness (QED) is 0.871. The number of carbonyl (C=O) groups excluding carboxylic acids is 1. The van der Waals surface area contributed by atoms with Crippen molar-refractivity contribution in [1.82, 2.24) is 15.1 Å². The molecule has 126 valence electrons. The Morgan fingerprint density at radius 3 is 2.92 bits per heavy atom. The summed E-state index contributed by atoms with van der Waals surface area (Å²) >= 11 is 3.44. The van der Waals surface area contributed by atoms with Gasteiger partial charge in [-0.1, -0.05) is 33.2 Å². The topological polar surface area (TPSA) is 68.5 Å². The van der Waals surface area contributed by atoms with Gasteiger partial charge in [0, 0.05) is 41.3 Å². The Bertz CT molecular complexity index is 813. The van der Waals surface area contributed by atoms with Crippen molar-refractivity contribution in [2.45, 2.75) is 32.9 Å². The average molecular weight is 391 g/mol. The van der Waals surface area contributed by atoms with Gasteiger partial charge in [0.05, 0.1) is 11.4 Å². The Hall–Kier alpha value is -2.15. The average Bonchev–Trinajstić information content (AvgIpc) is 3.12. The third-order valence-corrected chi connectivity index (χ3v) is 4.71. The van der Waals surface area contributed by atoms with Gasteiger partial charge in [-0.25, -0.2) is 0 Å². The minimum Gasteiger partial charge on any atom is -0.382 e. The van der Waals surface area contributed by atoms with Crippen molar-refractivity contribution in [3.63, 3.8) is 0 Å². The Morgan fingerprint density at radius 1 is 1.46 bits per heavy atom. The van der Waals surface area contributed by atoms with Crippen LogP contribution in [0.2, 0.25) is 0 Å². The highest BCUT2D eigenvalue weighted by atomic mass is 79.9. The summed E-state index contributed by atoms with van der Waals surface area (Å²) in [6.45, 7) is 4.37. The summed E-state index contributed by atoms with van der Waals surface area (Å²) in [7, 11) is 1.89. The van der Waals surface area contributed by atoms with Crippen LogP contribution in [0.4, 0.5) is 0 Å². The molecule has 0 spiro atoms. The molecular formula is C17H19BrN4O2. The third-order valence-electron chi connectivity index (χ3n) is 4.22. The van der Waals surface area contributed by atoms with Crippen molar-refractivity contribution >= 4 is 27.5 Å². The van der Waals surface area contributed by atoms with E-state index in [2.05, 4.69) is 31.5 Å². The number of halogens is 1. The number of nitrogens with zero attached hydrogens (tertiary/aromatic N) is 3. The first-order chi connectivity index (χ1) is 11.5. The highest BCUT2D eigenvalue weighted by Gasteiger charge is 2.29.